The fourth-order valence-corrected chi connectivity index (χ4v) is 2.88. The Morgan fingerprint density at radius 3 is 3.32 bits per heavy atom. The third-order valence-corrected chi connectivity index (χ3v) is 3.90. The maximum absolute atomic E-state index is 12.3. The first-order valence-corrected chi connectivity index (χ1v) is 6.51. The highest BCUT2D eigenvalue weighted by Gasteiger charge is 2.57. The van der Waals surface area contributed by atoms with Crippen molar-refractivity contribution in [3.8, 4) is 0 Å². The third kappa shape index (κ3) is 1.99. The summed E-state index contributed by atoms with van der Waals surface area (Å²) in [5, 5.41) is 3.97. The molecule has 2 unspecified atom stereocenters. The van der Waals surface area contributed by atoms with Gasteiger partial charge in [-0.2, -0.15) is 0 Å². The molecule has 1 aliphatic heterocycles. The Hall–Kier alpha value is -1.91. The number of carbonyl (C=O) groups excluding carboxylic acids is 1. The molecule has 100 valence electrons. The molecule has 2 aliphatic rings. The Labute approximate surface area is 111 Å². The first-order chi connectivity index (χ1) is 9.22. The summed E-state index contributed by atoms with van der Waals surface area (Å²) in [5.41, 5.74) is 0.903. The maximum Gasteiger partial charge on any atom is 0.354 e. The lowest BCUT2D eigenvalue weighted by atomic mass is 9.88. The summed E-state index contributed by atoms with van der Waals surface area (Å²) in [5.74, 6) is -0.228. The first kappa shape index (κ1) is 12.1. The molecule has 1 fully saturated rings. The van der Waals surface area contributed by atoms with Gasteiger partial charge in [0.05, 0.1) is 11.6 Å². The van der Waals surface area contributed by atoms with Crippen LogP contribution in [0.3, 0.4) is 0 Å². The van der Waals surface area contributed by atoms with E-state index < -0.39 is 5.60 Å². The molecule has 0 spiro atoms. The number of esters is 1. The summed E-state index contributed by atoms with van der Waals surface area (Å²) in [6.45, 7) is 2.13. The second-order valence-electron chi connectivity index (χ2n) is 5.10. The highest BCUT2D eigenvalue weighted by Crippen LogP contribution is 2.44. The number of fused-ring (bicyclic) bond motifs is 1. The average Bonchev–Trinajstić information content (AvgIpc) is 3.00. The van der Waals surface area contributed by atoms with Crippen molar-refractivity contribution in [2.24, 2.45) is 11.1 Å². The Balaban J connectivity index is 1.68. The van der Waals surface area contributed by atoms with Gasteiger partial charge >= 0.3 is 5.97 Å². The van der Waals surface area contributed by atoms with E-state index in [2.05, 4.69) is 10.1 Å². The van der Waals surface area contributed by atoms with E-state index in [9.17, 15) is 4.79 Å². The van der Waals surface area contributed by atoms with E-state index >= 15 is 0 Å². The van der Waals surface area contributed by atoms with Crippen molar-refractivity contribution in [3.63, 3.8) is 0 Å². The topological polar surface area (TPSA) is 60.8 Å². The number of oxime groups is 1. The Morgan fingerprint density at radius 1 is 1.63 bits per heavy atom. The first-order valence-electron chi connectivity index (χ1n) is 6.51. The van der Waals surface area contributed by atoms with E-state index in [-0.39, 0.29) is 18.5 Å². The second-order valence-corrected chi connectivity index (χ2v) is 5.10. The minimum atomic E-state index is -0.869. The van der Waals surface area contributed by atoms with Crippen LogP contribution in [0, 0.1) is 5.92 Å². The minimum absolute atomic E-state index is 0.0777. The predicted octanol–water partition coefficient (Wildman–Crippen LogP) is 2.07. The second kappa shape index (κ2) is 4.64. The Morgan fingerprint density at radius 2 is 2.53 bits per heavy atom. The molecule has 0 saturated heterocycles. The standard InChI is InChI=1S/C14H16N2O3/c1-10-12-5-2-6-14(12,19-16-10)13(17)18-9-11-4-3-7-15-8-11/h3-4,7-8,12H,2,5-6,9H2,1H3. The zero-order valence-electron chi connectivity index (χ0n) is 10.8. The van der Waals surface area contributed by atoms with Gasteiger partial charge in [0, 0.05) is 24.4 Å². The summed E-state index contributed by atoms with van der Waals surface area (Å²) in [6.07, 6.45) is 5.98. The van der Waals surface area contributed by atoms with Crippen molar-refractivity contribution >= 4 is 11.7 Å². The SMILES string of the molecule is CC1=NOC2(C(=O)OCc3cccnc3)CCCC12. The van der Waals surface area contributed by atoms with Gasteiger partial charge in [-0.3, -0.25) is 4.98 Å². The molecule has 5 heteroatoms. The normalized spacial score (nSPS) is 28.5. The van der Waals surface area contributed by atoms with Crippen LogP contribution < -0.4 is 0 Å². The number of rotatable bonds is 3. The molecule has 2 heterocycles. The van der Waals surface area contributed by atoms with Gasteiger partial charge in [0.2, 0.25) is 5.60 Å². The van der Waals surface area contributed by atoms with Gasteiger partial charge in [-0.15, -0.1) is 0 Å². The van der Waals surface area contributed by atoms with E-state index in [1.807, 2.05) is 19.1 Å². The molecule has 1 saturated carbocycles. The van der Waals surface area contributed by atoms with Crippen molar-refractivity contribution in [3.05, 3.63) is 30.1 Å². The molecule has 1 aliphatic carbocycles. The molecule has 1 aromatic rings. The number of aromatic nitrogens is 1. The van der Waals surface area contributed by atoms with Crippen LogP contribution in [0.5, 0.6) is 0 Å². The average molecular weight is 260 g/mol. The van der Waals surface area contributed by atoms with Gasteiger partial charge in [-0.25, -0.2) is 4.79 Å². The molecule has 3 rings (SSSR count). The molecule has 0 N–H and O–H groups in total. The molecular weight excluding hydrogens is 244 g/mol. The van der Waals surface area contributed by atoms with Gasteiger partial charge in [0.15, 0.2) is 0 Å². The maximum atomic E-state index is 12.3. The van der Waals surface area contributed by atoms with E-state index in [4.69, 9.17) is 9.57 Å². The minimum Gasteiger partial charge on any atom is -0.458 e. The molecule has 2 atom stereocenters. The summed E-state index contributed by atoms with van der Waals surface area (Å²) in [7, 11) is 0. The largest absolute Gasteiger partial charge is 0.458 e. The lowest BCUT2D eigenvalue weighted by molar-refractivity contribution is -0.173. The van der Waals surface area contributed by atoms with E-state index in [1.165, 1.54) is 0 Å². The van der Waals surface area contributed by atoms with Crippen molar-refractivity contribution in [2.45, 2.75) is 38.4 Å². The van der Waals surface area contributed by atoms with Crippen molar-refractivity contribution in [1.82, 2.24) is 4.98 Å². The van der Waals surface area contributed by atoms with Gasteiger partial charge in [0.1, 0.15) is 6.61 Å². The summed E-state index contributed by atoms with van der Waals surface area (Å²) in [6, 6.07) is 3.69. The number of ether oxygens (including phenoxy) is 1. The fraction of sp³-hybridized carbons (Fsp3) is 0.500. The van der Waals surface area contributed by atoms with Crippen molar-refractivity contribution < 1.29 is 14.4 Å². The lowest BCUT2D eigenvalue weighted by Gasteiger charge is -2.24. The van der Waals surface area contributed by atoms with Crippen LogP contribution in [-0.2, 0) is 21.0 Å². The highest BCUT2D eigenvalue weighted by atomic mass is 16.7. The Bertz CT molecular complexity index is 515. The fourth-order valence-electron chi connectivity index (χ4n) is 2.88. The highest BCUT2D eigenvalue weighted by molar-refractivity contribution is 5.95. The van der Waals surface area contributed by atoms with Crippen molar-refractivity contribution in [2.75, 3.05) is 0 Å². The molecule has 1 aromatic heterocycles. The lowest BCUT2D eigenvalue weighted by Crippen LogP contribution is -2.43. The zero-order valence-corrected chi connectivity index (χ0v) is 10.8. The van der Waals surface area contributed by atoms with E-state index in [0.29, 0.717) is 6.42 Å². The molecule has 0 aromatic carbocycles. The Kier molecular flexibility index (Phi) is 2.97. The zero-order chi connectivity index (χ0) is 13.3. The van der Waals surface area contributed by atoms with Crippen LogP contribution in [0.2, 0.25) is 0 Å². The molecule has 5 nitrogen and oxygen atoms in total. The number of hydrogen-bond donors (Lipinski definition) is 0. The van der Waals surface area contributed by atoms with Gasteiger partial charge in [-0.1, -0.05) is 11.2 Å². The smallest absolute Gasteiger partial charge is 0.354 e. The van der Waals surface area contributed by atoms with Crippen LogP contribution in [0.1, 0.15) is 31.7 Å². The predicted molar refractivity (Wildman–Crippen MR) is 68.3 cm³/mol. The number of pyridine rings is 1. The van der Waals surface area contributed by atoms with Gasteiger partial charge in [-0.05, 0) is 25.8 Å². The quantitative estimate of drug-likeness (QED) is 0.780. The number of hydrogen-bond acceptors (Lipinski definition) is 5. The van der Waals surface area contributed by atoms with E-state index in [0.717, 1.165) is 24.1 Å². The molecular formula is C14H16N2O3. The number of nitrogens with zero attached hydrogens (tertiary/aromatic N) is 2. The van der Waals surface area contributed by atoms with Crippen LogP contribution >= 0.6 is 0 Å². The molecule has 0 amide bonds. The molecule has 19 heavy (non-hydrogen) atoms. The summed E-state index contributed by atoms with van der Waals surface area (Å²) < 4.78 is 5.39. The molecule has 0 radical (unpaired) electrons. The van der Waals surface area contributed by atoms with Gasteiger partial charge < -0.3 is 9.57 Å². The molecule has 0 bridgehead atoms. The van der Waals surface area contributed by atoms with E-state index in [1.54, 1.807) is 12.4 Å². The summed E-state index contributed by atoms with van der Waals surface area (Å²) in [4.78, 5) is 21.7. The summed E-state index contributed by atoms with van der Waals surface area (Å²) >= 11 is 0. The van der Waals surface area contributed by atoms with Crippen LogP contribution in [0.4, 0.5) is 0 Å². The monoisotopic (exact) mass is 260 g/mol. The third-order valence-electron chi connectivity index (χ3n) is 3.90. The van der Waals surface area contributed by atoms with Gasteiger partial charge in [0.25, 0.3) is 0 Å². The van der Waals surface area contributed by atoms with Crippen molar-refractivity contribution in [1.29, 1.82) is 0 Å². The van der Waals surface area contributed by atoms with Crippen LogP contribution in [-0.4, -0.2) is 22.3 Å². The van der Waals surface area contributed by atoms with Crippen LogP contribution in [0.15, 0.2) is 29.7 Å². The van der Waals surface area contributed by atoms with Crippen LogP contribution in [0.25, 0.3) is 0 Å². The number of carbonyl (C=O) groups is 1.